The highest BCUT2D eigenvalue weighted by molar-refractivity contribution is 5.42. The molecule has 0 amide bonds. The minimum Gasteiger partial charge on any atom is -0.360 e. The molecule has 0 aromatic carbocycles. The Labute approximate surface area is 110 Å². The molecule has 0 radical (unpaired) electrons. The van der Waals surface area contributed by atoms with Crippen LogP contribution in [0.5, 0.6) is 0 Å². The van der Waals surface area contributed by atoms with Crippen LogP contribution in [0.25, 0.3) is 0 Å². The van der Waals surface area contributed by atoms with E-state index >= 15 is 0 Å². The van der Waals surface area contributed by atoms with Gasteiger partial charge in [-0.25, -0.2) is 14.4 Å². The van der Waals surface area contributed by atoms with Crippen LogP contribution in [0.3, 0.4) is 0 Å². The second kappa shape index (κ2) is 5.59. The van der Waals surface area contributed by atoms with E-state index in [4.69, 9.17) is 0 Å². The fourth-order valence-corrected chi connectivity index (χ4v) is 1.61. The maximum atomic E-state index is 13.4. The van der Waals surface area contributed by atoms with Crippen LogP contribution < -0.4 is 10.2 Å². The molecule has 2 aromatic rings. The number of hydrogen-bond donors (Lipinski definition) is 1. The fraction of sp³-hybridized carbons (Fsp3) is 0.455. The highest BCUT2D eigenvalue weighted by atomic mass is 19.1. The number of rotatable bonds is 5. The van der Waals surface area contributed by atoms with E-state index in [1.165, 1.54) is 6.33 Å². The second-order valence-electron chi connectivity index (χ2n) is 4.42. The fourth-order valence-electron chi connectivity index (χ4n) is 1.61. The van der Waals surface area contributed by atoms with Crippen molar-refractivity contribution in [3.05, 3.63) is 24.7 Å². The molecule has 0 bridgehead atoms. The summed E-state index contributed by atoms with van der Waals surface area (Å²) in [4.78, 5) is 13.5. The number of halogens is 1. The normalized spacial score (nSPS) is 12.2. The van der Waals surface area contributed by atoms with Crippen LogP contribution >= 0.6 is 0 Å². The Kier molecular flexibility index (Phi) is 3.88. The smallest absolute Gasteiger partial charge is 0.225 e. The molecule has 0 saturated carbocycles. The molecule has 7 nitrogen and oxygen atoms in total. The largest absolute Gasteiger partial charge is 0.360 e. The third kappa shape index (κ3) is 3.36. The molecule has 0 aliphatic carbocycles. The van der Waals surface area contributed by atoms with Gasteiger partial charge in [0.25, 0.3) is 0 Å². The quantitative estimate of drug-likeness (QED) is 0.861. The van der Waals surface area contributed by atoms with Gasteiger partial charge in [-0.2, -0.15) is 10.1 Å². The van der Waals surface area contributed by atoms with Crippen LogP contribution in [0, 0.1) is 5.82 Å². The Balaban J connectivity index is 2.04. The zero-order valence-electron chi connectivity index (χ0n) is 11.1. The summed E-state index contributed by atoms with van der Waals surface area (Å²) in [5.74, 6) is 0.197. The summed E-state index contributed by atoms with van der Waals surface area (Å²) in [6.45, 7) is 2.59. The van der Waals surface area contributed by atoms with E-state index in [9.17, 15) is 4.39 Å². The van der Waals surface area contributed by atoms with E-state index in [0.717, 1.165) is 6.20 Å². The van der Waals surface area contributed by atoms with Crippen molar-refractivity contribution in [2.75, 3.05) is 24.3 Å². The Morgan fingerprint density at radius 1 is 1.47 bits per heavy atom. The Morgan fingerprint density at radius 2 is 2.26 bits per heavy atom. The van der Waals surface area contributed by atoms with Crippen molar-refractivity contribution in [3.8, 4) is 0 Å². The lowest BCUT2D eigenvalue weighted by atomic mass is 10.3. The zero-order chi connectivity index (χ0) is 13.8. The average molecular weight is 265 g/mol. The lowest BCUT2D eigenvalue weighted by Crippen LogP contribution is -2.24. The summed E-state index contributed by atoms with van der Waals surface area (Å²) in [6, 6.07) is 0.0437. The minimum atomic E-state index is -0.445. The van der Waals surface area contributed by atoms with E-state index < -0.39 is 5.82 Å². The third-order valence-electron chi connectivity index (χ3n) is 2.45. The molecule has 1 atom stereocenters. The Hall–Kier alpha value is -2.25. The SMILES string of the molecule is CC(Cn1cncn1)Nc1ncc(F)c(N(C)C)n1. The van der Waals surface area contributed by atoms with Crippen molar-refractivity contribution >= 4 is 11.8 Å². The van der Waals surface area contributed by atoms with Gasteiger partial charge in [-0.05, 0) is 6.92 Å². The number of hydrogen-bond acceptors (Lipinski definition) is 6. The first kappa shape index (κ1) is 13.2. The van der Waals surface area contributed by atoms with Crippen molar-refractivity contribution in [2.24, 2.45) is 0 Å². The Morgan fingerprint density at radius 3 is 2.89 bits per heavy atom. The van der Waals surface area contributed by atoms with Crippen LogP contribution in [-0.2, 0) is 6.54 Å². The van der Waals surface area contributed by atoms with Gasteiger partial charge in [0.15, 0.2) is 11.6 Å². The van der Waals surface area contributed by atoms with Gasteiger partial charge >= 0.3 is 0 Å². The van der Waals surface area contributed by atoms with Gasteiger partial charge in [-0.1, -0.05) is 0 Å². The highest BCUT2D eigenvalue weighted by Crippen LogP contribution is 2.14. The van der Waals surface area contributed by atoms with Crippen molar-refractivity contribution < 1.29 is 4.39 Å². The van der Waals surface area contributed by atoms with Gasteiger partial charge in [-0.3, -0.25) is 4.68 Å². The first-order valence-electron chi connectivity index (χ1n) is 5.85. The summed E-state index contributed by atoms with van der Waals surface area (Å²) in [6.07, 6.45) is 4.27. The molecule has 2 aromatic heterocycles. The molecule has 0 saturated heterocycles. The number of nitrogens with zero attached hydrogens (tertiary/aromatic N) is 6. The molecule has 0 spiro atoms. The van der Waals surface area contributed by atoms with Crippen molar-refractivity contribution in [1.82, 2.24) is 24.7 Å². The predicted octanol–water partition coefficient (Wildman–Crippen LogP) is 0.774. The molecule has 1 unspecified atom stereocenters. The third-order valence-corrected chi connectivity index (χ3v) is 2.45. The molecular weight excluding hydrogens is 249 g/mol. The van der Waals surface area contributed by atoms with Crippen LogP contribution in [0.2, 0.25) is 0 Å². The summed E-state index contributed by atoms with van der Waals surface area (Å²) in [7, 11) is 3.46. The molecule has 0 aliphatic heterocycles. The van der Waals surface area contributed by atoms with Crippen molar-refractivity contribution in [3.63, 3.8) is 0 Å². The van der Waals surface area contributed by atoms with Gasteiger partial charge in [0.2, 0.25) is 5.95 Å². The molecule has 102 valence electrons. The zero-order valence-corrected chi connectivity index (χ0v) is 11.1. The summed E-state index contributed by atoms with van der Waals surface area (Å²) >= 11 is 0. The van der Waals surface area contributed by atoms with E-state index in [-0.39, 0.29) is 11.9 Å². The van der Waals surface area contributed by atoms with E-state index in [1.54, 1.807) is 30.0 Å². The molecule has 0 fully saturated rings. The molecule has 19 heavy (non-hydrogen) atoms. The van der Waals surface area contributed by atoms with Crippen LogP contribution in [-0.4, -0.2) is 44.9 Å². The number of nitrogens with one attached hydrogen (secondary N) is 1. The molecular formula is C11H16FN7. The molecule has 0 aliphatic rings. The van der Waals surface area contributed by atoms with Crippen molar-refractivity contribution in [2.45, 2.75) is 19.5 Å². The summed E-state index contributed by atoms with van der Waals surface area (Å²) in [5.41, 5.74) is 0. The molecule has 2 rings (SSSR count). The van der Waals surface area contributed by atoms with E-state index in [2.05, 4.69) is 25.4 Å². The predicted molar refractivity (Wildman–Crippen MR) is 69.4 cm³/mol. The number of aromatic nitrogens is 5. The van der Waals surface area contributed by atoms with Crippen LogP contribution in [0.15, 0.2) is 18.9 Å². The van der Waals surface area contributed by atoms with Crippen molar-refractivity contribution in [1.29, 1.82) is 0 Å². The van der Waals surface area contributed by atoms with Gasteiger partial charge in [0.1, 0.15) is 12.7 Å². The standard InChI is InChI=1S/C11H16FN7/c1-8(5-19-7-13-6-15-19)16-11-14-4-9(12)10(17-11)18(2)3/h4,6-8H,5H2,1-3H3,(H,14,16,17). The van der Waals surface area contributed by atoms with Gasteiger partial charge in [-0.15, -0.1) is 0 Å². The van der Waals surface area contributed by atoms with Gasteiger partial charge in [0, 0.05) is 20.1 Å². The molecule has 1 N–H and O–H groups in total. The monoisotopic (exact) mass is 265 g/mol. The van der Waals surface area contributed by atoms with Crippen LogP contribution in [0.1, 0.15) is 6.92 Å². The minimum absolute atomic E-state index is 0.0437. The lowest BCUT2D eigenvalue weighted by molar-refractivity contribution is 0.555. The lowest BCUT2D eigenvalue weighted by Gasteiger charge is -2.16. The maximum absolute atomic E-state index is 13.4. The molecule has 2 heterocycles. The van der Waals surface area contributed by atoms with E-state index in [1.807, 2.05) is 6.92 Å². The number of anilines is 2. The summed E-state index contributed by atoms with van der Waals surface area (Å²) < 4.78 is 15.1. The van der Waals surface area contributed by atoms with Crippen LogP contribution in [0.4, 0.5) is 16.2 Å². The topological polar surface area (TPSA) is 71.8 Å². The first-order valence-corrected chi connectivity index (χ1v) is 5.85. The average Bonchev–Trinajstić information content (AvgIpc) is 2.84. The first-order chi connectivity index (χ1) is 9.06. The highest BCUT2D eigenvalue weighted by Gasteiger charge is 2.11. The van der Waals surface area contributed by atoms with Gasteiger partial charge < -0.3 is 10.2 Å². The Bertz CT molecular complexity index is 526. The molecule has 8 heteroatoms. The van der Waals surface area contributed by atoms with E-state index in [0.29, 0.717) is 12.5 Å². The maximum Gasteiger partial charge on any atom is 0.225 e. The second-order valence-corrected chi connectivity index (χ2v) is 4.42. The van der Waals surface area contributed by atoms with Gasteiger partial charge in [0.05, 0.1) is 12.7 Å². The summed E-state index contributed by atoms with van der Waals surface area (Å²) in [5, 5.41) is 7.11.